The van der Waals surface area contributed by atoms with Gasteiger partial charge in [-0.3, -0.25) is 0 Å². The highest BCUT2D eigenvalue weighted by molar-refractivity contribution is 4.67. The fourth-order valence-corrected chi connectivity index (χ4v) is 1.38. The van der Waals surface area contributed by atoms with Gasteiger partial charge in [0, 0.05) is 0 Å². The molecule has 0 rings (SSSR count). The van der Waals surface area contributed by atoms with Crippen LogP contribution in [0.4, 0.5) is 0 Å². The molecule has 6 N–H and O–H groups in total. The molecule has 0 fully saturated rings. The van der Waals surface area contributed by atoms with Gasteiger partial charge >= 0.3 is 0 Å². The first-order chi connectivity index (χ1) is 5.72. The van der Waals surface area contributed by atoms with Crippen molar-refractivity contribution in [3.05, 3.63) is 0 Å². The zero-order chi connectivity index (χ0) is 9.40. The Bertz CT molecular complexity index is 85.8. The molecule has 0 heterocycles. The summed E-state index contributed by atoms with van der Waals surface area (Å²) in [6.07, 6.45) is 5.54. The third kappa shape index (κ3) is 5.52. The van der Waals surface area contributed by atoms with Gasteiger partial charge in [-0.05, 0) is 31.7 Å². The molecule has 0 radical (unpaired) electrons. The SMILES string of the molecule is CCCCC(CCCN)C(N)N. The molecule has 0 saturated heterocycles. The number of hydrogen-bond acceptors (Lipinski definition) is 3. The van der Waals surface area contributed by atoms with Gasteiger partial charge in [0.25, 0.3) is 0 Å². The van der Waals surface area contributed by atoms with Gasteiger partial charge in [0.05, 0.1) is 6.17 Å². The predicted octanol–water partition coefficient (Wildman–Crippen LogP) is 0.775. The van der Waals surface area contributed by atoms with Crippen LogP contribution in [0.2, 0.25) is 0 Å². The molecule has 12 heavy (non-hydrogen) atoms. The van der Waals surface area contributed by atoms with E-state index in [4.69, 9.17) is 17.2 Å². The van der Waals surface area contributed by atoms with E-state index in [9.17, 15) is 0 Å². The lowest BCUT2D eigenvalue weighted by molar-refractivity contribution is 0.358. The molecular formula is C9H23N3. The number of unbranched alkanes of at least 4 members (excludes halogenated alkanes) is 1. The molecule has 0 aromatic rings. The van der Waals surface area contributed by atoms with Crippen molar-refractivity contribution in [3.63, 3.8) is 0 Å². The highest BCUT2D eigenvalue weighted by Gasteiger charge is 2.12. The number of nitrogens with two attached hydrogens (primary N) is 3. The normalized spacial score (nSPS) is 13.8. The zero-order valence-electron chi connectivity index (χ0n) is 8.13. The van der Waals surface area contributed by atoms with Gasteiger partial charge in [-0.1, -0.05) is 19.8 Å². The summed E-state index contributed by atoms with van der Waals surface area (Å²) in [6.45, 7) is 2.93. The topological polar surface area (TPSA) is 78.1 Å². The smallest absolute Gasteiger partial charge is 0.0549 e. The molecule has 0 aromatic heterocycles. The van der Waals surface area contributed by atoms with Crippen molar-refractivity contribution in [1.82, 2.24) is 0 Å². The Labute approximate surface area is 75.7 Å². The van der Waals surface area contributed by atoms with Gasteiger partial charge in [0.2, 0.25) is 0 Å². The quantitative estimate of drug-likeness (QED) is 0.498. The van der Waals surface area contributed by atoms with E-state index in [1.165, 1.54) is 12.8 Å². The van der Waals surface area contributed by atoms with Crippen LogP contribution in [0, 0.1) is 5.92 Å². The van der Waals surface area contributed by atoms with E-state index < -0.39 is 0 Å². The van der Waals surface area contributed by atoms with Crippen LogP contribution in [0.5, 0.6) is 0 Å². The summed E-state index contributed by atoms with van der Waals surface area (Å²) in [5, 5.41) is 0. The van der Waals surface area contributed by atoms with Crippen LogP contribution >= 0.6 is 0 Å². The van der Waals surface area contributed by atoms with Gasteiger partial charge < -0.3 is 17.2 Å². The summed E-state index contributed by atoms with van der Waals surface area (Å²) in [7, 11) is 0. The van der Waals surface area contributed by atoms with E-state index in [0.717, 1.165) is 25.8 Å². The standard InChI is InChI=1S/C9H23N3/c1-2-3-5-8(9(11)12)6-4-7-10/h8-9H,2-7,10-12H2,1H3. The van der Waals surface area contributed by atoms with Crippen LogP contribution in [0.25, 0.3) is 0 Å². The molecule has 74 valence electrons. The summed E-state index contributed by atoms with van der Waals surface area (Å²) in [5.74, 6) is 0.466. The lowest BCUT2D eigenvalue weighted by atomic mass is 9.94. The second kappa shape index (κ2) is 7.53. The van der Waals surface area contributed by atoms with Crippen molar-refractivity contribution in [3.8, 4) is 0 Å². The van der Waals surface area contributed by atoms with Crippen molar-refractivity contribution < 1.29 is 0 Å². The lowest BCUT2D eigenvalue weighted by Gasteiger charge is -2.19. The van der Waals surface area contributed by atoms with Crippen molar-refractivity contribution in [2.75, 3.05) is 6.54 Å². The van der Waals surface area contributed by atoms with E-state index in [2.05, 4.69) is 6.92 Å². The Hall–Kier alpha value is -0.120. The van der Waals surface area contributed by atoms with Gasteiger partial charge in [-0.15, -0.1) is 0 Å². The van der Waals surface area contributed by atoms with Crippen LogP contribution in [-0.4, -0.2) is 12.7 Å². The maximum atomic E-state index is 5.66. The average molecular weight is 173 g/mol. The first kappa shape index (κ1) is 11.9. The summed E-state index contributed by atoms with van der Waals surface area (Å²) < 4.78 is 0. The fraction of sp³-hybridized carbons (Fsp3) is 1.00. The first-order valence-electron chi connectivity index (χ1n) is 4.93. The van der Waals surface area contributed by atoms with Crippen molar-refractivity contribution in [1.29, 1.82) is 0 Å². The van der Waals surface area contributed by atoms with Crippen molar-refractivity contribution >= 4 is 0 Å². The molecule has 1 unspecified atom stereocenters. The molecule has 0 bridgehead atoms. The molecular weight excluding hydrogens is 150 g/mol. The van der Waals surface area contributed by atoms with Gasteiger partial charge in [-0.25, -0.2) is 0 Å². The summed E-state index contributed by atoms with van der Waals surface area (Å²) >= 11 is 0. The monoisotopic (exact) mass is 173 g/mol. The van der Waals surface area contributed by atoms with Crippen LogP contribution in [0.3, 0.4) is 0 Å². The van der Waals surface area contributed by atoms with Gasteiger partial charge in [0.15, 0.2) is 0 Å². The Balaban J connectivity index is 3.55. The van der Waals surface area contributed by atoms with Crippen LogP contribution in [-0.2, 0) is 0 Å². The largest absolute Gasteiger partial charge is 0.330 e. The Morgan fingerprint density at radius 3 is 2.08 bits per heavy atom. The Morgan fingerprint density at radius 2 is 1.67 bits per heavy atom. The van der Waals surface area contributed by atoms with E-state index in [-0.39, 0.29) is 6.17 Å². The summed E-state index contributed by atoms with van der Waals surface area (Å²) in [4.78, 5) is 0. The molecule has 3 nitrogen and oxygen atoms in total. The van der Waals surface area contributed by atoms with Crippen molar-refractivity contribution in [2.45, 2.75) is 45.2 Å². The molecule has 0 aromatic carbocycles. The third-order valence-electron chi connectivity index (χ3n) is 2.25. The second-order valence-corrected chi connectivity index (χ2v) is 3.41. The predicted molar refractivity (Wildman–Crippen MR) is 53.5 cm³/mol. The third-order valence-corrected chi connectivity index (χ3v) is 2.25. The highest BCUT2D eigenvalue weighted by atomic mass is 14.9. The molecule has 1 atom stereocenters. The average Bonchev–Trinajstić information content (AvgIpc) is 2.04. The fourth-order valence-electron chi connectivity index (χ4n) is 1.38. The maximum Gasteiger partial charge on any atom is 0.0549 e. The summed E-state index contributed by atoms with van der Waals surface area (Å²) in [5.41, 5.74) is 16.7. The van der Waals surface area contributed by atoms with Crippen LogP contribution in [0.15, 0.2) is 0 Å². The van der Waals surface area contributed by atoms with Crippen molar-refractivity contribution in [2.24, 2.45) is 23.1 Å². The zero-order valence-corrected chi connectivity index (χ0v) is 8.13. The number of hydrogen-bond donors (Lipinski definition) is 3. The first-order valence-corrected chi connectivity index (χ1v) is 4.93. The molecule has 0 aliphatic heterocycles. The molecule has 0 saturated carbocycles. The van der Waals surface area contributed by atoms with E-state index in [0.29, 0.717) is 5.92 Å². The molecule has 0 aliphatic carbocycles. The van der Waals surface area contributed by atoms with Crippen LogP contribution in [0.1, 0.15) is 39.0 Å². The summed E-state index contributed by atoms with van der Waals surface area (Å²) in [6, 6.07) is 0. The minimum atomic E-state index is -0.164. The van der Waals surface area contributed by atoms with E-state index in [1.54, 1.807) is 0 Å². The highest BCUT2D eigenvalue weighted by Crippen LogP contribution is 2.15. The molecule has 0 amide bonds. The molecule has 3 heteroatoms. The Morgan fingerprint density at radius 1 is 1.08 bits per heavy atom. The minimum absolute atomic E-state index is 0.164. The lowest BCUT2D eigenvalue weighted by Crippen LogP contribution is -2.38. The molecule has 0 aliphatic rings. The number of rotatable bonds is 7. The van der Waals surface area contributed by atoms with Gasteiger partial charge in [-0.2, -0.15) is 0 Å². The van der Waals surface area contributed by atoms with E-state index >= 15 is 0 Å². The van der Waals surface area contributed by atoms with E-state index in [1.807, 2.05) is 0 Å². The maximum absolute atomic E-state index is 5.66. The van der Waals surface area contributed by atoms with Crippen LogP contribution < -0.4 is 17.2 Å². The van der Waals surface area contributed by atoms with Gasteiger partial charge in [0.1, 0.15) is 0 Å². The molecule has 0 spiro atoms. The second-order valence-electron chi connectivity index (χ2n) is 3.41. The minimum Gasteiger partial charge on any atom is -0.330 e. The Kier molecular flexibility index (Phi) is 7.45.